The number of hydrogen-bond acceptors (Lipinski definition) is 6. The molecule has 0 saturated heterocycles. The van der Waals surface area contributed by atoms with Gasteiger partial charge in [0.25, 0.3) is 5.89 Å². The van der Waals surface area contributed by atoms with Crippen molar-refractivity contribution in [3.8, 4) is 16.5 Å². The second-order valence-electron chi connectivity index (χ2n) is 6.54. The molecule has 0 amide bonds. The van der Waals surface area contributed by atoms with E-state index in [0.29, 0.717) is 5.89 Å². The summed E-state index contributed by atoms with van der Waals surface area (Å²) in [6, 6.07) is 8.63. The van der Waals surface area contributed by atoms with Gasteiger partial charge in [-0.1, -0.05) is 17.3 Å². The van der Waals surface area contributed by atoms with Crippen LogP contribution >= 0.6 is 11.3 Å². The number of fused-ring (bicyclic) bond motifs is 2. The molecule has 0 atom stereocenters. The lowest BCUT2D eigenvalue weighted by atomic mass is 10.0. The van der Waals surface area contributed by atoms with E-state index in [9.17, 15) is 0 Å². The van der Waals surface area contributed by atoms with Gasteiger partial charge in [0.05, 0.1) is 11.5 Å². The molecule has 1 N–H and O–H groups in total. The molecular formula is C19H19N3O2S. The number of benzene rings is 1. The molecule has 25 heavy (non-hydrogen) atoms. The maximum atomic E-state index is 5.56. The van der Waals surface area contributed by atoms with Gasteiger partial charge in [0.1, 0.15) is 5.75 Å². The van der Waals surface area contributed by atoms with Crippen LogP contribution in [0, 0.1) is 0 Å². The molecule has 0 spiro atoms. The Hall–Kier alpha value is -2.18. The molecule has 2 aliphatic rings. The van der Waals surface area contributed by atoms with E-state index in [1.165, 1.54) is 21.6 Å². The number of aromatic nitrogens is 2. The van der Waals surface area contributed by atoms with Gasteiger partial charge in [0, 0.05) is 30.8 Å². The Balaban J connectivity index is 1.29. The molecule has 0 radical (unpaired) electrons. The average molecular weight is 353 g/mol. The summed E-state index contributed by atoms with van der Waals surface area (Å²) in [4.78, 5) is 7.12. The van der Waals surface area contributed by atoms with Crippen LogP contribution in [0.4, 0.5) is 0 Å². The van der Waals surface area contributed by atoms with E-state index in [-0.39, 0.29) is 0 Å². The largest absolute Gasteiger partial charge is 0.493 e. The SMILES string of the molecule is c1cc2c(cc1CCc1noc(-c3cc4c(s3)CCNC4)n1)CCO2. The van der Waals surface area contributed by atoms with Crippen LogP contribution in [-0.2, 0) is 32.2 Å². The van der Waals surface area contributed by atoms with E-state index in [1.807, 2.05) is 0 Å². The van der Waals surface area contributed by atoms with Crippen molar-refractivity contribution < 1.29 is 9.26 Å². The van der Waals surface area contributed by atoms with Gasteiger partial charge >= 0.3 is 0 Å². The molecule has 6 heteroatoms. The highest BCUT2D eigenvalue weighted by molar-refractivity contribution is 7.15. The third-order valence-electron chi connectivity index (χ3n) is 4.81. The first-order valence-corrected chi connectivity index (χ1v) is 9.57. The molecule has 0 unspecified atom stereocenters. The fourth-order valence-electron chi connectivity index (χ4n) is 3.47. The molecule has 0 aliphatic carbocycles. The summed E-state index contributed by atoms with van der Waals surface area (Å²) in [6.07, 6.45) is 3.80. The summed E-state index contributed by atoms with van der Waals surface area (Å²) in [6.45, 7) is 2.79. The molecule has 1 aromatic carbocycles. The molecule has 0 saturated carbocycles. The van der Waals surface area contributed by atoms with Gasteiger partial charge in [0.2, 0.25) is 0 Å². The Morgan fingerprint density at radius 3 is 3.08 bits per heavy atom. The highest BCUT2D eigenvalue weighted by Gasteiger charge is 2.18. The van der Waals surface area contributed by atoms with Crippen LogP contribution in [0.15, 0.2) is 28.8 Å². The van der Waals surface area contributed by atoms with Crippen molar-refractivity contribution in [1.29, 1.82) is 0 Å². The third kappa shape index (κ3) is 2.96. The lowest BCUT2D eigenvalue weighted by Gasteiger charge is -2.10. The van der Waals surface area contributed by atoms with Crippen LogP contribution < -0.4 is 10.1 Å². The van der Waals surface area contributed by atoms with Crippen LogP contribution in [0.1, 0.15) is 27.4 Å². The maximum Gasteiger partial charge on any atom is 0.268 e. The molecule has 0 fully saturated rings. The Morgan fingerprint density at radius 1 is 1.12 bits per heavy atom. The number of rotatable bonds is 4. The van der Waals surface area contributed by atoms with E-state index in [2.05, 4.69) is 39.7 Å². The Morgan fingerprint density at radius 2 is 2.12 bits per heavy atom. The zero-order valence-corrected chi connectivity index (χ0v) is 14.7. The van der Waals surface area contributed by atoms with Gasteiger partial charge in [0.15, 0.2) is 5.82 Å². The number of ether oxygens (including phenoxy) is 1. The molecule has 3 aromatic rings. The van der Waals surface area contributed by atoms with Crippen LogP contribution in [0.2, 0.25) is 0 Å². The third-order valence-corrected chi connectivity index (χ3v) is 6.04. The van der Waals surface area contributed by atoms with Gasteiger partial charge < -0.3 is 14.6 Å². The number of thiophene rings is 1. The Kier molecular flexibility index (Phi) is 3.79. The van der Waals surface area contributed by atoms with Gasteiger partial charge in [-0.15, -0.1) is 11.3 Å². The number of hydrogen-bond donors (Lipinski definition) is 1. The Labute approximate surface area is 150 Å². The molecule has 4 heterocycles. The van der Waals surface area contributed by atoms with Crippen LogP contribution in [0.25, 0.3) is 10.8 Å². The normalized spacial score (nSPS) is 15.7. The monoisotopic (exact) mass is 353 g/mol. The van der Waals surface area contributed by atoms with E-state index in [1.54, 1.807) is 11.3 Å². The van der Waals surface area contributed by atoms with Crippen molar-refractivity contribution in [3.05, 3.63) is 51.7 Å². The predicted octanol–water partition coefficient (Wildman–Crippen LogP) is 3.16. The van der Waals surface area contributed by atoms with Gasteiger partial charge in [-0.3, -0.25) is 0 Å². The minimum absolute atomic E-state index is 0.650. The van der Waals surface area contributed by atoms with Crippen molar-refractivity contribution in [1.82, 2.24) is 15.5 Å². The first-order chi connectivity index (χ1) is 12.3. The van der Waals surface area contributed by atoms with Gasteiger partial charge in [-0.05, 0) is 41.7 Å². The molecule has 5 nitrogen and oxygen atoms in total. The Bertz CT molecular complexity index is 892. The number of nitrogens with zero attached hydrogens (tertiary/aromatic N) is 2. The zero-order valence-electron chi connectivity index (χ0n) is 13.9. The summed E-state index contributed by atoms with van der Waals surface area (Å²) < 4.78 is 11.1. The second kappa shape index (κ2) is 6.28. The average Bonchev–Trinajstić information content (AvgIpc) is 3.37. The molecule has 0 bridgehead atoms. The fraction of sp³-hybridized carbons (Fsp3) is 0.368. The van der Waals surface area contributed by atoms with E-state index < -0.39 is 0 Å². The molecule has 128 valence electrons. The summed E-state index contributed by atoms with van der Waals surface area (Å²) in [5.74, 6) is 2.45. The van der Waals surface area contributed by atoms with Crippen molar-refractivity contribution in [2.75, 3.05) is 13.2 Å². The van der Waals surface area contributed by atoms with E-state index in [4.69, 9.17) is 9.26 Å². The van der Waals surface area contributed by atoms with Crippen molar-refractivity contribution in [3.63, 3.8) is 0 Å². The van der Waals surface area contributed by atoms with Gasteiger partial charge in [-0.25, -0.2) is 0 Å². The van der Waals surface area contributed by atoms with E-state index in [0.717, 1.165) is 61.8 Å². The molecule has 2 aliphatic heterocycles. The number of aryl methyl sites for hydroxylation is 2. The molecule has 2 aromatic heterocycles. The summed E-state index contributed by atoms with van der Waals surface area (Å²) in [5.41, 5.74) is 3.98. The topological polar surface area (TPSA) is 60.2 Å². The lowest BCUT2D eigenvalue weighted by Crippen LogP contribution is -2.21. The first kappa shape index (κ1) is 15.1. The summed E-state index contributed by atoms with van der Waals surface area (Å²) >= 11 is 1.78. The second-order valence-corrected chi connectivity index (χ2v) is 7.68. The lowest BCUT2D eigenvalue weighted by molar-refractivity contribution is 0.357. The highest BCUT2D eigenvalue weighted by atomic mass is 32.1. The van der Waals surface area contributed by atoms with Gasteiger partial charge in [-0.2, -0.15) is 4.98 Å². The fourth-order valence-corrected chi connectivity index (χ4v) is 4.57. The standard InChI is InChI=1S/C19H19N3O2S/c1-3-15-13(6-8-23-15)9-12(1)2-4-18-21-19(24-22-18)17-10-14-11-20-7-5-16(14)25-17/h1,3,9-10,20H,2,4-8,11H2. The summed E-state index contributed by atoms with van der Waals surface area (Å²) in [7, 11) is 0. The predicted molar refractivity (Wildman–Crippen MR) is 96.1 cm³/mol. The quantitative estimate of drug-likeness (QED) is 0.781. The highest BCUT2D eigenvalue weighted by Crippen LogP contribution is 2.32. The minimum Gasteiger partial charge on any atom is -0.493 e. The smallest absolute Gasteiger partial charge is 0.268 e. The van der Waals surface area contributed by atoms with E-state index >= 15 is 0 Å². The maximum absolute atomic E-state index is 5.56. The van der Waals surface area contributed by atoms with Crippen molar-refractivity contribution in [2.24, 2.45) is 0 Å². The zero-order chi connectivity index (χ0) is 16.6. The van der Waals surface area contributed by atoms with Crippen LogP contribution in [-0.4, -0.2) is 23.3 Å². The minimum atomic E-state index is 0.650. The van der Waals surface area contributed by atoms with Crippen molar-refractivity contribution >= 4 is 11.3 Å². The van der Waals surface area contributed by atoms with Crippen molar-refractivity contribution in [2.45, 2.75) is 32.2 Å². The molecule has 5 rings (SSSR count). The number of nitrogens with one attached hydrogen (secondary N) is 1. The molecular weight excluding hydrogens is 334 g/mol. The summed E-state index contributed by atoms with van der Waals surface area (Å²) in [5, 5.41) is 7.56. The van der Waals surface area contributed by atoms with Crippen LogP contribution in [0.5, 0.6) is 5.75 Å². The van der Waals surface area contributed by atoms with Crippen LogP contribution in [0.3, 0.4) is 0 Å². The first-order valence-electron chi connectivity index (χ1n) is 8.75.